The van der Waals surface area contributed by atoms with Crippen LogP contribution in [0, 0.1) is 6.92 Å². The standard InChI is InChI=1S/C15H19BrN2OS/c1-3-17-9-12-8-13(4-5-14(12)16)19-7-6-15-11(2)18-10-20-15/h4-5,8,10,17H,3,6-7,9H2,1-2H3. The van der Waals surface area contributed by atoms with Gasteiger partial charge in [0.25, 0.3) is 0 Å². The molecule has 0 amide bonds. The molecule has 0 spiro atoms. The van der Waals surface area contributed by atoms with Gasteiger partial charge in [-0.15, -0.1) is 11.3 Å². The minimum absolute atomic E-state index is 0.686. The molecule has 0 bridgehead atoms. The van der Waals surface area contributed by atoms with E-state index in [-0.39, 0.29) is 0 Å². The lowest BCUT2D eigenvalue weighted by atomic mass is 10.2. The summed E-state index contributed by atoms with van der Waals surface area (Å²) in [5, 5.41) is 3.33. The molecule has 1 aromatic heterocycles. The Balaban J connectivity index is 1.91. The van der Waals surface area contributed by atoms with E-state index in [0.29, 0.717) is 6.61 Å². The molecule has 0 unspecified atom stereocenters. The molecule has 1 aromatic carbocycles. The van der Waals surface area contributed by atoms with Crippen LogP contribution in [0.5, 0.6) is 5.75 Å². The van der Waals surface area contributed by atoms with Gasteiger partial charge in [0.1, 0.15) is 5.75 Å². The molecule has 1 N–H and O–H groups in total. The zero-order valence-electron chi connectivity index (χ0n) is 11.8. The summed E-state index contributed by atoms with van der Waals surface area (Å²) in [4.78, 5) is 5.55. The van der Waals surface area contributed by atoms with Gasteiger partial charge in [0.2, 0.25) is 0 Å². The largest absolute Gasteiger partial charge is 0.493 e. The van der Waals surface area contributed by atoms with Gasteiger partial charge < -0.3 is 10.1 Å². The summed E-state index contributed by atoms with van der Waals surface area (Å²) in [6.45, 7) is 6.64. The third-order valence-electron chi connectivity index (χ3n) is 3.03. The quantitative estimate of drug-likeness (QED) is 0.817. The van der Waals surface area contributed by atoms with Crippen molar-refractivity contribution in [1.29, 1.82) is 0 Å². The number of halogens is 1. The topological polar surface area (TPSA) is 34.1 Å². The maximum Gasteiger partial charge on any atom is 0.119 e. The van der Waals surface area contributed by atoms with E-state index in [1.165, 1.54) is 10.4 Å². The predicted octanol–water partition coefficient (Wildman–Crippen LogP) is 3.95. The molecule has 1 heterocycles. The van der Waals surface area contributed by atoms with Gasteiger partial charge in [-0.25, -0.2) is 4.98 Å². The molecule has 0 aliphatic rings. The number of aryl methyl sites for hydroxylation is 1. The van der Waals surface area contributed by atoms with Crippen molar-refractivity contribution in [2.24, 2.45) is 0 Å². The van der Waals surface area contributed by atoms with E-state index >= 15 is 0 Å². The summed E-state index contributed by atoms with van der Waals surface area (Å²) in [6, 6.07) is 6.13. The Morgan fingerprint density at radius 1 is 1.40 bits per heavy atom. The maximum atomic E-state index is 5.84. The average Bonchev–Trinajstić information content (AvgIpc) is 2.85. The third kappa shape index (κ3) is 4.30. The second-order valence-corrected chi connectivity index (χ2v) is 6.29. The Morgan fingerprint density at radius 3 is 2.95 bits per heavy atom. The summed E-state index contributed by atoms with van der Waals surface area (Å²) in [6.07, 6.45) is 0.912. The van der Waals surface area contributed by atoms with Crippen LogP contribution in [0.4, 0.5) is 0 Å². The number of rotatable bonds is 7. The van der Waals surface area contributed by atoms with E-state index in [4.69, 9.17) is 4.74 Å². The Morgan fingerprint density at radius 2 is 2.25 bits per heavy atom. The fourth-order valence-corrected chi connectivity index (χ4v) is 3.01. The lowest BCUT2D eigenvalue weighted by molar-refractivity contribution is 0.322. The Kier molecular flexibility index (Phi) is 6.01. The van der Waals surface area contributed by atoms with Gasteiger partial charge in [-0.1, -0.05) is 22.9 Å². The molecule has 3 nitrogen and oxygen atoms in total. The zero-order valence-corrected chi connectivity index (χ0v) is 14.2. The first-order chi connectivity index (χ1) is 9.70. The lowest BCUT2D eigenvalue weighted by Crippen LogP contribution is -2.12. The molecule has 2 rings (SSSR count). The van der Waals surface area contributed by atoms with E-state index < -0.39 is 0 Å². The van der Waals surface area contributed by atoms with Crippen LogP contribution in [0.3, 0.4) is 0 Å². The molecule has 5 heteroatoms. The molecule has 0 aliphatic carbocycles. The highest BCUT2D eigenvalue weighted by molar-refractivity contribution is 9.10. The second kappa shape index (κ2) is 7.76. The van der Waals surface area contributed by atoms with Crippen LogP contribution in [0.15, 0.2) is 28.2 Å². The van der Waals surface area contributed by atoms with Crippen molar-refractivity contribution >= 4 is 27.3 Å². The molecule has 0 aliphatic heterocycles. The van der Waals surface area contributed by atoms with Crippen molar-refractivity contribution in [2.45, 2.75) is 26.8 Å². The van der Waals surface area contributed by atoms with Crippen molar-refractivity contribution in [3.63, 3.8) is 0 Å². The van der Waals surface area contributed by atoms with E-state index in [9.17, 15) is 0 Å². The minimum Gasteiger partial charge on any atom is -0.493 e. The number of thiazole rings is 1. The van der Waals surface area contributed by atoms with E-state index in [0.717, 1.165) is 35.4 Å². The molecule has 0 saturated carbocycles. The molecule has 20 heavy (non-hydrogen) atoms. The summed E-state index contributed by atoms with van der Waals surface area (Å²) in [7, 11) is 0. The summed E-state index contributed by atoms with van der Waals surface area (Å²) >= 11 is 5.26. The van der Waals surface area contributed by atoms with Gasteiger partial charge in [0.15, 0.2) is 0 Å². The summed E-state index contributed by atoms with van der Waals surface area (Å²) < 4.78 is 6.96. The van der Waals surface area contributed by atoms with Crippen molar-refractivity contribution in [2.75, 3.05) is 13.2 Å². The van der Waals surface area contributed by atoms with Crippen LogP contribution in [-0.2, 0) is 13.0 Å². The van der Waals surface area contributed by atoms with Crippen LogP contribution in [0.1, 0.15) is 23.1 Å². The number of hydrogen-bond donors (Lipinski definition) is 1. The SMILES string of the molecule is CCNCc1cc(OCCc2scnc2C)ccc1Br. The first-order valence-corrected chi connectivity index (χ1v) is 8.39. The molecular formula is C15H19BrN2OS. The smallest absolute Gasteiger partial charge is 0.119 e. The highest BCUT2D eigenvalue weighted by Gasteiger charge is 2.04. The Labute approximate surface area is 132 Å². The van der Waals surface area contributed by atoms with Crippen molar-refractivity contribution in [3.05, 3.63) is 44.3 Å². The van der Waals surface area contributed by atoms with Crippen molar-refractivity contribution < 1.29 is 4.74 Å². The lowest BCUT2D eigenvalue weighted by Gasteiger charge is -2.10. The maximum absolute atomic E-state index is 5.84. The molecule has 0 radical (unpaired) electrons. The average molecular weight is 355 g/mol. The van der Waals surface area contributed by atoms with Gasteiger partial charge in [-0.2, -0.15) is 0 Å². The highest BCUT2D eigenvalue weighted by atomic mass is 79.9. The Bertz CT molecular complexity index is 557. The number of nitrogens with one attached hydrogen (secondary N) is 1. The van der Waals surface area contributed by atoms with E-state index in [1.54, 1.807) is 11.3 Å². The van der Waals surface area contributed by atoms with Gasteiger partial charge >= 0.3 is 0 Å². The van der Waals surface area contributed by atoms with E-state index in [2.05, 4.69) is 39.2 Å². The molecule has 0 saturated heterocycles. The van der Waals surface area contributed by atoms with Gasteiger partial charge in [0, 0.05) is 22.3 Å². The normalized spacial score (nSPS) is 10.8. The van der Waals surface area contributed by atoms with Crippen LogP contribution in [0.2, 0.25) is 0 Å². The van der Waals surface area contributed by atoms with Crippen LogP contribution >= 0.6 is 27.3 Å². The number of hydrogen-bond acceptors (Lipinski definition) is 4. The molecule has 0 atom stereocenters. The second-order valence-electron chi connectivity index (χ2n) is 4.49. The van der Waals surface area contributed by atoms with Crippen LogP contribution in [-0.4, -0.2) is 18.1 Å². The van der Waals surface area contributed by atoms with Gasteiger partial charge in [0.05, 0.1) is 17.8 Å². The molecule has 108 valence electrons. The number of nitrogens with zero attached hydrogens (tertiary/aromatic N) is 1. The Hall–Kier alpha value is -0.910. The third-order valence-corrected chi connectivity index (χ3v) is 4.79. The van der Waals surface area contributed by atoms with Gasteiger partial charge in [-0.05, 0) is 37.2 Å². The first-order valence-electron chi connectivity index (χ1n) is 6.71. The molecule has 0 fully saturated rings. The molecule has 2 aromatic rings. The summed E-state index contributed by atoms with van der Waals surface area (Å²) in [5.41, 5.74) is 4.22. The van der Waals surface area contributed by atoms with Gasteiger partial charge in [-0.3, -0.25) is 0 Å². The van der Waals surface area contributed by atoms with E-state index in [1.807, 2.05) is 24.6 Å². The fourth-order valence-electron chi connectivity index (χ4n) is 1.86. The van der Waals surface area contributed by atoms with Crippen LogP contribution < -0.4 is 10.1 Å². The number of benzene rings is 1. The van der Waals surface area contributed by atoms with Crippen molar-refractivity contribution in [1.82, 2.24) is 10.3 Å². The number of ether oxygens (including phenoxy) is 1. The van der Waals surface area contributed by atoms with Crippen molar-refractivity contribution in [3.8, 4) is 5.75 Å². The number of aromatic nitrogens is 1. The highest BCUT2D eigenvalue weighted by Crippen LogP contribution is 2.23. The fraction of sp³-hybridized carbons (Fsp3) is 0.400. The zero-order chi connectivity index (χ0) is 14.4. The monoisotopic (exact) mass is 354 g/mol. The minimum atomic E-state index is 0.686. The first kappa shape index (κ1) is 15.5. The predicted molar refractivity (Wildman–Crippen MR) is 87.6 cm³/mol. The molecular weight excluding hydrogens is 336 g/mol. The van der Waals surface area contributed by atoms with Crippen LogP contribution in [0.25, 0.3) is 0 Å². The summed E-state index contributed by atoms with van der Waals surface area (Å²) in [5.74, 6) is 0.920.